The highest BCUT2D eigenvalue weighted by Gasteiger charge is 2.57. The smallest absolute Gasteiger partial charge is 0.245 e. The van der Waals surface area contributed by atoms with Crippen molar-refractivity contribution in [3.8, 4) is 5.69 Å². The Morgan fingerprint density at radius 2 is 1.81 bits per heavy atom. The molecule has 192 valence electrons. The zero-order chi connectivity index (χ0) is 25.8. The highest BCUT2D eigenvalue weighted by Crippen LogP contribution is 2.40. The van der Waals surface area contributed by atoms with Crippen LogP contribution < -0.4 is 4.90 Å². The van der Waals surface area contributed by atoms with E-state index in [4.69, 9.17) is 4.74 Å². The van der Waals surface area contributed by atoms with Crippen molar-refractivity contribution in [2.45, 2.75) is 23.2 Å². The van der Waals surface area contributed by atoms with E-state index in [-0.39, 0.29) is 54.4 Å². The molecule has 6 rings (SSSR count). The molecule has 9 nitrogen and oxygen atoms in total. The summed E-state index contributed by atoms with van der Waals surface area (Å²) in [5, 5.41) is 4.13. The fourth-order valence-corrected chi connectivity index (χ4v) is 6.61. The number of piperidine rings is 1. The maximum absolute atomic E-state index is 15.8. The Bertz CT molecular complexity index is 1570. The van der Waals surface area contributed by atoms with E-state index in [0.717, 1.165) is 16.4 Å². The lowest BCUT2D eigenvalue weighted by molar-refractivity contribution is -0.116. The largest absolute Gasteiger partial charge is 0.355 e. The quantitative estimate of drug-likeness (QED) is 0.400. The molecule has 1 spiro atoms. The van der Waals surface area contributed by atoms with Crippen LogP contribution in [0.2, 0.25) is 0 Å². The second kappa shape index (κ2) is 8.78. The number of anilines is 1. The molecule has 37 heavy (non-hydrogen) atoms. The van der Waals surface area contributed by atoms with Gasteiger partial charge < -0.3 is 9.64 Å². The molecule has 0 N–H and O–H groups in total. The number of halogens is 3. The van der Waals surface area contributed by atoms with Crippen LogP contribution in [0.4, 0.5) is 19.0 Å². The summed E-state index contributed by atoms with van der Waals surface area (Å²) in [5.74, 6) is -1.82. The lowest BCUT2D eigenvalue weighted by Crippen LogP contribution is -2.62. The monoisotopic (exact) mass is 530 g/mol. The topological polar surface area (TPSA) is 93.5 Å². The van der Waals surface area contributed by atoms with E-state index < -0.39 is 33.6 Å². The van der Waals surface area contributed by atoms with Gasteiger partial charge in [-0.05, 0) is 30.3 Å². The van der Waals surface area contributed by atoms with Crippen LogP contribution in [0.5, 0.6) is 0 Å². The van der Waals surface area contributed by atoms with Crippen LogP contribution in [-0.2, 0) is 14.8 Å². The molecule has 2 saturated heterocycles. The maximum atomic E-state index is 15.8. The van der Waals surface area contributed by atoms with Crippen LogP contribution in [-0.4, -0.2) is 70.6 Å². The van der Waals surface area contributed by atoms with Gasteiger partial charge >= 0.3 is 0 Å². The van der Waals surface area contributed by atoms with Crippen LogP contribution in [0.15, 0.2) is 66.0 Å². The van der Waals surface area contributed by atoms with Crippen LogP contribution in [0, 0.1) is 11.6 Å². The lowest BCUT2D eigenvalue weighted by Gasteiger charge is -2.45. The summed E-state index contributed by atoms with van der Waals surface area (Å²) in [4.78, 5) is 10.0. The van der Waals surface area contributed by atoms with Crippen molar-refractivity contribution in [1.82, 2.24) is 24.1 Å². The number of hydrogen-bond donors (Lipinski definition) is 0. The number of sulfonamides is 1. The Morgan fingerprint density at radius 3 is 2.51 bits per heavy atom. The van der Waals surface area contributed by atoms with Gasteiger partial charge in [-0.2, -0.15) is 9.40 Å². The molecule has 0 aliphatic carbocycles. The summed E-state index contributed by atoms with van der Waals surface area (Å²) in [6.07, 6.45) is 3.05. The first kappa shape index (κ1) is 23.8. The van der Waals surface area contributed by atoms with Gasteiger partial charge in [-0.1, -0.05) is 0 Å². The Balaban J connectivity index is 1.25. The van der Waals surface area contributed by atoms with Crippen molar-refractivity contribution in [2.75, 3.05) is 31.1 Å². The summed E-state index contributed by atoms with van der Waals surface area (Å²) in [6.45, 7) is 0.0819. The molecule has 2 fully saturated rings. The van der Waals surface area contributed by atoms with E-state index in [1.807, 2.05) is 0 Å². The van der Waals surface area contributed by atoms with Gasteiger partial charge in [0.15, 0.2) is 23.5 Å². The number of ether oxygens (including phenoxy) is 1. The molecule has 2 atom stereocenters. The Hall–Kier alpha value is -3.55. The maximum Gasteiger partial charge on any atom is 0.245 e. The Kier molecular flexibility index (Phi) is 5.66. The minimum Gasteiger partial charge on any atom is -0.355 e. The average molecular weight is 531 g/mol. The lowest BCUT2D eigenvalue weighted by atomic mass is 9.98. The van der Waals surface area contributed by atoms with Crippen molar-refractivity contribution >= 4 is 26.9 Å². The van der Waals surface area contributed by atoms with Crippen LogP contribution in [0.3, 0.4) is 0 Å². The summed E-state index contributed by atoms with van der Waals surface area (Å²) in [6, 6.07) is 9.83. The number of aromatic nitrogens is 4. The highest BCUT2D eigenvalue weighted by atomic mass is 32.2. The minimum atomic E-state index is -4.07. The van der Waals surface area contributed by atoms with Crippen LogP contribution in [0.25, 0.3) is 16.7 Å². The van der Waals surface area contributed by atoms with Crippen molar-refractivity contribution in [2.24, 2.45) is 0 Å². The standard InChI is InChI=1S/C24H21F3N6O3S/c25-18-12-20-21(13-19(18)26)30-23(14-28-20)31-9-6-24(22(27)15-31)33(10-11-36-24)37(34,35)17-4-2-16(3-5-17)32-8-1-7-29-32/h1-5,7-8,12-14,22H,6,9-11,15H2/t22-,24+/m1/s1. The van der Waals surface area contributed by atoms with Gasteiger partial charge in [0.05, 0.1) is 41.0 Å². The number of rotatable bonds is 4. The van der Waals surface area contributed by atoms with Gasteiger partial charge in [-0.25, -0.2) is 31.3 Å². The van der Waals surface area contributed by atoms with Gasteiger partial charge in [0.25, 0.3) is 0 Å². The molecule has 0 unspecified atom stereocenters. The average Bonchev–Trinajstić information content (AvgIpc) is 3.58. The molecular weight excluding hydrogens is 509 g/mol. The van der Waals surface area contributed by atoms with Crippen molar-refractivity contribution in [3.05, 3.63) is 72.7 Å². The van der Waals surface area contributed by atoms with E-state index in [9.17, 15) is 17.2 Å². The fourth-order valence-electron chi connectivity index (χ4n) is 4.89. The predicted molar refractivity (Wildman–Crippen MR) is 127 cm³/mol. The summed E-state index contributed by atoms with van der Waals surface area (Å²) in [7, 11) is -4.07. The first-order valence-electron chi connectivity index (χ1n) is 11.6. The second-order valence-corrected chi connectivity index (χ2v) is 10.7. The van der Waals surface area contributed by atoms with E-state index in [2.05, 4.69) is 15.1 Å². The molecule has 2 aromatic carbocycles. The van der Waals surface area contributed by atoms with Crippen molar-refractivity contribution in [1.29, 1.82) is 0 Å². The number of benzene rings is 2. The summed E-state index contributed by atoms with van der Waals surface area (Å²) >= 11 is 0. The normalized spacial score (nSPS) is 22.8. The summed E-state index contributed by atoms with van der Waals surface area (Å²) < 4.78 is 78.6. The second-order valence-electron chi connectivity index (χ2n) is 8.86. The van der Waals surface area contributed by atoms with E-state index >= 15 is 4.39 Å². The molecule has 2 aliphatic heterocycles. The van der Waals surface area contributed by atoms with Gasteiger partial charge in [-0.3, -0.25) is 4.98 Å². The van der Waals surface area contributed by atoms with Gasteiger partial charge in [0.2, 0.25) is 10.0 Å². The molecule has 2 aromatic heterocycles. The molecule has 13 heteroatoms. The minimum absolute atomic E-state index is 0.0181. The molecule has 0 amide bonds. The SMILES string of the molecule is O=S(=O)(c1ccc(-n2cccn2)cc1)N1CCO[C@]12CCN(c1cnc3cc(F)c(F)cc3n1)C[C@H]2F. The molecule has 4 aromatic rings. The third-order valence-electron chi connectivity index (χ3n) is 6.77. The van der Waals surface area contributed by atoms with Gasteiger partial charge in [0, 0.05) is 44.0 Å². The van der Waals surface area contributed by atoms with E-state index in [0.29, 0.717) is 5.69 Å². The summed E-state index contributed by atoms with van der Waals surface area (Å²) in [5.41, 5.74) is -0.669. The van der Waals surface area contributed by atoms with Crippen molar-refractivity contribution in [3.63, 3.8) is 0 Å². The van der Waals surface area contributed by atoms with Gasteiger partial charge in [-0.15, -0.1) is 0 Å². The third kappa shape index (κ3) is 3.93. The van der Waals surface area contributed by atoms with Gasteiger partial charge in [0.1, 0.15) is 5.82 Å². The first-order valence-corrected chi connectivity index (χ1v) is 13.0. The molecule has 0 bridgehead atoms. The number of nitrogens with zero attached hydrogens (tertiary/aromatic N) is 6. The fraction of sp³-hybridized carbons (Fsp3) is 0.292. The zero-order valence-electron chi connectivity index (χ0n) is 19.3. The van der Waals surface area contributed by atoms with Crippen LogP contribution >= 0.6 is 0 Å². The zero-order valence-corrected chi connectivity index (χ0v) is 20.2. The number of hydrogen-bond acceptors (Lipinski definition) is 7. The predicted octanol–water partition coefficient (Wildman–Crippen LogP) is 3.06. The highest BCUT2D eigenvalue weighted by molar-refractivity contribution is 7.89. The Morgan fingerprint density at radius 1 is 1.05 bits per heavy atom. The molecule has 2 aliphatic rings. The third-order valence-corrected chi connectivity index (χ3v) is 8.71. The number of alkyl halides is 1. The molecule has 4 heterocycles. The molecule has 0 saturated carbocycles. The van der Waals surface area contributed by atoms with E-state index in [1.54, 1.807) is 40.2 Å². The van der Waals surface area contributed by atoms with E-state index in [1.165, 1.54) is 18.3 Å². The Labute approximate surface area is 210 Å². The van der Waals surface area contributed by atoms with Crippen LogP contribution in [0.1, 0.15) is 6.42 Å². The first-order chi connectivity index (χ1) is 17.8. The molecular formula is C24H21F3N6O3S. The molecule has 0 radical (unpaired) electrons. The number of fused-ring (bicyclic) bond motifs is 1. The van der Waals surface area contributed by atoms with Crippen molar-refractivity contribution < 1.29 is 26.3 Å².